The SMILES string of the molecule is COc1ccc(C)cc1/C(=C/c1ccccc1C(=O)O)C(=O)O. The molecule has 0 heterocycles. The van der Waals surface area contributed by atoms with Gasteiger partial charge in [-0.15, -0.1) is 0 Å². The van der Waals surface area contributed by atoms with E-state index in [1.165, 1.54) is 19.3 Å². The minimum absolute atomic E-state index is 0.0285. The third-order valence-electron chi connectivity index (χ3n) is 3.37. The van der Waals surface area contributed by atoms with Crippen LogP contribution < -0.4 is 4.74 Å². The molecule has 5 nitrogen and oxygen atoms in total. The Balaban J connectivity index is 2.68. The van der Waals surface area contributed by atoms with Gasteiger partial charge in [0.2, 0.25) is 0 Å². The molecule has 0 amide bonds. The number of methoxy groups -OCH3 is 1. The van der Waals surface area contributed by atoms with Crippen LogP contribution in [0.2, 0.25) is 0 Å². The van der Waals surface area contributed by atoms with E-state index in [0.29, 0.717) is 16.9 Å². The zero-order chi connectivity index (χ0) is 17.0. The first-order valence-corrected chi connectivity index (χ1v) is 6.86. The predicted octanol–water partition coefficient (Wildman–Crippen LogP) is 3.33. The van der Waals surface area contributed by atoms with E-state index in [0.717, 1.165) is 5.56 Å². The summed E-state index contributed by atoms with van der Waals surface area (Å²) < 4.78 is 5.23. The summed E-state index contributed by atoms with van der Waals surface area (Å²) in [7, 11) is 1.46. The molecule has 0 fully saturated rings. The lowest BCUT2D eigenvalue weighted by molar-refractivity contribution is -0.130. The molecule has 0 atom stereocenters. The first-order chi connectivity index (χ1) is 10.9. The van der Waals surface area contributed by atoms with Gasteiger partial charge in [0, 0.05) is 5.56 Å². The standard InChI is InChI=1S/C18H16O5/c1-11-7-8-16(23-2)14(9-11)15(18(21)22)10-12-5-3-4-6-13(12)17(19)20/h3-10H,1-2H3,(H,19,20)(H,21,22)/b15-10-. The van der Waals surface area contributed by atoms with Crippen molar-refractivity contribution in [2.75, 3.05) is 7.11 Å². The average Bonchev–Trinajstić information content (AvgIpc) is 2.52. The highest BCUT2D eigenvalue weighted by Gasteiger charge is 2.17. The molecule has 2 N–H and O–H groups in total. The van der Waals surface area contributed by atoms with Crippen LogP contribution in [-0.2, 0) is 4.79 Å². The zero-order valence-electron chi connectivity index (χ0n) is 12.7. The number of carboxylic acid groups (broad SMARTS) is 2. The highest BCUT2D eigenvalue weighted by atomic mass is 16.5. The van der Waals surface area contributed by atoms with E-state index in [2.05, 4.69) is 0 Å². The minimum atomic E-state index is -1.16. The largest absolute Gasteiger partial charge is 0.496 e. The molecule has 0 spiro atoms. The number of carboxylic acids is 2. The van der Waals surface area contributed by atoms with Crippen LogP contribution in [0, 0.1) is 6.92 Å². The first-order valence-electron chi connectivity index (χ1n) is 6.86. The highest BCUT2D eigenvalue weighted by Crippen LogP contribution is 2.29. The van der Waals surface area contributed by atoms with Gasteiger partial charge >= 0.3 is 11.9 Å². The minimum Gasteiger partial charge on any atom is -0.496 e. The second kappa shape index (κ2) is 6.79. The summed E-state index contributed by atoms with van der Waals surface area (Å²) in [5.74, 6) is -1.86. The van der Waals surface area contributed by atoms with Crippen molar-refractivity contribution in [1.29, 1.82) is 0 Å². The highest BCUT2D eigenvalue weighted by molar-refractivity contribution is 6.22. The topological polar surface area (TPSA) is 83.8 Å². The normalized spacial score (nSPS) is 11.1. The molecule has 0 aliphatic carbocycles. The molecule has 0 radical (unpaired) electrons. The maximum Gasteiger partial charge on any atom is 0.336 e. The van der Waals surface area contributed by atoms with Gasteiger partial charge in [0.25, 0.3) is 0 Å². The number of carbonyl (C=O) groups is 2. The third-order valence-corrected chi connectivity index (χ3v) is 3.37. The molecule has 0 unspecified atom stereocenters. The van der Waals surface area contributed by atoms with Crippen LogP contribution >= 0.6 is 0 Å². The maximum absolute atomic E-state index is 11.7. The molecule has 2 aromatic rings. The fraction of sp³-hybridized carbons (Fsp3) is 0.111. The monoisotopic (exact) mass is 312 g/mol. The number of ether oxygens (including phenoxy) is 1. The molecule has 0 bridgehead atoms. The van der Waals surface area contributed by atoms with E-state index in [4.69, 9.17) is 4.74 Å². The lowest BCUT2D eigenvalue weighted by Gasteiger charge is -2.11. The van der Waals surface area contributed by atoms with Gasteiger partial charge in [-0.2, -0.15) is 0 Å². The second-order valence-corrected chi connectivity index (χ2v) is 4.96. The number of aromatic carboxylic acids is 1. The number of aryl methyl sites for hydroxylation is 1. The Morgan fingerprint density at radius 1 is 1.04 bits per heavy atom. The smallest absolute Gasteiger partial charge is 0.336 e. The summed E-state index contributed by atoms with van der Waals surface area (Å²) in [6.07, 6.45) is 1.35. The van der Waals surface area contributed by atoms with Crippen molar-refractivity contribution in [2.45, 2.75) is 6.92 Å². The molecule has 0 saturated heterocycles. The number of hydrogen-bond donors (Lipinski definition) is 2. The van der Waals surface area contributed by atoms with Crippen molar-refractivity contribution in [3.05, 3.63) is 64.7 Å². The molecular weight excluding hydrogens is 296 g/mol. The van der Waals surface area contributed by atoms with Crippen LogP contribution in [-0.4, -0.2) is 29.3 Å². The van der Waals surface area contributed by atoms with Gasteiger partial charge < -0.3 is 14.9 Å². The van der Waals surface area contributed by atoms with Gasteiger partial charge in [0.05, 0.1) is 18.2 Å². The zero-order valence-corrected chi connectivity index (χ0v) is 12.7. The van der Waals surface area contributed by atoms with E-state index in [1.807, 2.05) is 13.0 Å². The molecule has 2 aromatic carbocycles. The molecular formula is C18H16O5. The van der Waals surface area contributed by atoms with Gasteiger partial charge in [-0.05, 0) is 36.8 Å². The predicted molar refractivity (Wildman–Crippen MR) is 86.6 cm³/mol. The Kier molecular flexibility index (Phi) is 4.81. The Bertz CT molecular complexity index is 790. The van der Waals surface area contributed by atoms with Crippen molar-refractivity contribution in [3.63, 3.8) is 0 Å². The Hall–Kier alpha value is -3.08. The number of hydrogen-bond acceptors (Lipinski definition) is 3. The van der Waals surface area contributed by atoms with Gasteiger partial charge in [-0.25, -0.2) is 9.59 Å². The van der Waals surface area contributed by atoms with Crippen molar-refractivity contribution in [1.82, 2.24) is 0 Å². The van der Waals surface area contributed by atoms with Crippen molar-refractivity contribution in [3.8, 4) is 5.75 Å². The lowest BCUT2D eigenvalue weighted by Crippen LogP contribution is -2.04. The number of rotatable bonds is 5. The maximum atomic E-state index is 11.7. The fourth-order valence-electron chi connectivity index (χ4n) is 2.26. The van der Waals surface area contributed by atoms with E-state index in [9.17, 15) is 19.8 Å². The van der Waals surface area contributed by atoms with E-state index >= 15 is 0 Å². The van der Waals surface area contributed by atoms with Crippen molar-refractivity contribution < 1.29 is 24.5 Å². The van der Waals surface area contributed by atoms with Crippen LogP contribution in [0.3, 0.4) is 0 Å². The van der Waals surface area contributed by atoms with Crippen LogP contribution in [0.1, 0.15) is 27.0 Å². The quantitative estimate of drug-likeness (QED) is 0.653. The Morgan fingerprint density at radius 3 is 2.35 bits per heavy atom. The van der Waals surface area contributed by atoms with Crippen molar-refractivity contribution >= 4 is 23.6 Å². The Morgan fingerprint density at radius 2 is 1.74 bits per heavy atom. The molecule has 0 aromatic heterocycles. The summed E-state index contributed by atoms with van der Waals surface area (Å²) in [6, 6.07) is 11.4. The molecule has 0 aliphatic heterocycles. The fourth-order valence-corrected chi connectivity index (χ4v) is 2.26. The second-order valence-electron chi connectivity index (χ2n) is 4.96. The van der Waals surface area contributed by atoms with Crippen molar-refractivity contribution in [2.24, 2.45) is 0 Å². The molecule has 118 valence electrons. The number of benzene rings is 2. The molecule has 23 heavy (non-hydrogen) atoms. The van der Waals surface area contributed by atoms with Gasteiger partial charge in [-0.1, -0.05) is 29.8 Å². The summed E-state index contributed by atoms with van der Waals surface area (Å²) in [5, 5.41) is 18.8. The summed E-state index contributed by atoms with van der Waals surface area (Å²) in [4.78, 5) is 23.0. The number of aliphatic carboxylic acids is 1. The van der Waals surface area contributed by atoms with Crippen LogP contribution in [0.15, 0.2) is 42.5 Å². The van der Waals surface area contributed by atoms with Crippen LogP contribution in [0.5, 0.6) is 5.75 Å². The first kappa shape index (κ1) is 16.3. The van der Waals surface area contributed by atoms with Crippen LogP contribution in [0.4, 0.5) is 0 Å². The Labute approximate surface area is 133 Å². The van der Waals surface area contributed by atoms with Gasteiger partial charge in [0.1, 0.15) is 5.75 Å². The van der Waals surface area contributed by atoms with E-state index < -0.39 is 11.9 Å². The van der Waals surface area contributed by atoms with E-state index in [-0.39, 0.29) is 11.1 Å². The molecule has 2 rings (SSSR count). The van der Waals surface area contributed by atoms with Crippen LogP contribution in [0.25, 0.3) is 11.6 Å². The molecule has 0 saturated carbocycles. The molecule has 5 heteroatoms. The molecule has 0 aliphatic rings. The summed E-state index contributed by atoms with van der Waals surface area (Å²) in [6.45, 7) is 1.84. The van der Waals surface area contributed by atoms with Gasteiger partial charge in [0.15, 0.2) is 0 Å². The lowest BCUT2D eigenvalue weighted by atomic mass is 9.98. The average molecular weight is 312 g/mol. The van der Waals surface area contributed by atoms with E-state index in [1.54, 1.807) is 30.3 Å². The summed E-state index contributed by atoms with van der Waals surface area (Å²) in [5.41, 5.74) is 1.61. The van der Waals surface area contributed by atoms with Gasteiger partial charge in [-0.3, -0.25) is 0 Å². The third kappa shape index (κ3) is 3.58. The summed E-state index contributed by atoms with van der Waals surface area (Å²) >= 11 is 0.